The van der Waals surface area contributed by atoms with Crippen LogP contribution in [0.2, 0.25) is 0 Å². The molecule has 0 fully saturated rings. The highest BCUT2D eigenvalue weighted by Gasteiger charge is 2.75. The first-order valence-corrected chi connectivity index (χ1v) is 3.60. The Bertz CT molecular complexity index is 210. The van der Waals surface area contributed by atoms with Crippen LogP contribution in [0.5, 0.6) is 0 Å². The fourth-order valence-electron chi connectivity index (χ4n) is 0.483. The molecular formula is C6H6F8O. The Balaban J connectivity index is 4.85. The van der Waals surface area contributed by atoms with Crippen LogP contribution in [0.15, 0.2) is 0 Å². The summed E-state index contributed by atoms with van der Waals surface area (Å²) in [6.07, 6.45) is -16.1. The lowest BCUT2D eigenvalue weighted by Crippen LogP contribution is -2.54. The second-order valence-electron chi connectivity index (χ2n) is 2.53. The number of halogens is 8. The zero-order valence-electron chi connectivity index (χ0n) is 7.22. The molecule has 9 heteroatoms. The van der Waals surface area contributed by atoms with Gasteiger partial charge in [0.2, 0.25) is 6.36 Å². The molecular weight excluding hydrogens is 240 g/mol. The van der Waals surface area contributed by atoms with Crippen molar-refractivity contribution >= 4 is 0 Å². The summed E-state index contributed by atoms with van der Waals surface area (Å²) >= 11 is 0. The summed E-state index contributed by atoms with van der Waals surface area (Å²) in [6.45, 7) is 0.937. The SMILES string of the molecule is CCC(F)OC(F)(F)C(F)(F)C(F)(F)F. The summed E-state index contributed by atoms with van der Waals surface area (Å²) < 4.78 is 97.7. The maximum Gasteiger partial charge on any atom is 0.462 e. The smallest absolute Gasteiger partial charge is 0.281 e. The summed E-state index contributed by atoms with van der Waals surface area (Å²) in [4.78, 5) is 0. The van der Waals surface area contributed by atoms with Crippen molar-refractivity contribution in [2.75, 3.05) is 0 Å². The standard InChI is InChI=1S/C6H6F8O/c1-2-3(7)15-6(13,14)4(8,9)5(10,11)12/h3H,2H2,1H3. The van der Waals surface area contributed by atoms with E-state index in [1.807, 2.05) is 0 Å². The first-order chi connectivity index (χ1) is 6.45. The van der Waals surface area contributed by atoms with Crippen molar-refractivity contribution in [2.24, 2.45) is 0 Å². The van der Waals surface area contributed by atoms with Crippen LogP contribution in [0.4, 0.5) is 35.1 Å². The molecule has 0 aliphatic carbocycles. The van der Waals surface area contributed by atoms with Crippen LogP contribution in [0.25, 0.3) is 0 Å². The molecule has 0 bridgehead atoms. The lowest BCUT2D eigenvalue weighted by atomic mass is 10.3. The summed E-state index contributed by atoms with van der Waals surface area (Å²) in [6, 6.07) is 0. The van der Waals surface area contributed by atoms with Gasteiger partial charge in [0.1, 0.15) is 0 Å². The molecule has 0 saturated carbocycles. The van der Waals surface area contributed by atoms with Crippen molar-refractivity contribution in [2.45, 2.75) is 37.9 Å². The van der Waals surface area contributed by atoms with E-state index in [4.69, 9.17) is 0 Å². The van der Waals surface area contributed by atoms with Crippen LogP contribution in [-0.4, -0.2) is 24.6 Å². The molecule has 0 heterocycles. The lowest BCUT2D eigenvalue weighted by Gasteiger charge is -2.28. The Labute approximate surface area is 79.0 Å². The fraction of sp³-hybridized carbons (Fsp3) is 1.00. The molecule has 0 rings (SSSR count). The lowest BCUT2D eigenvalue weighted by molar-refractivity contribution is -0.439. The minimum Gasteiger partial charge on any atom is -0.281 e. The number of alkyl halides is 8. The number of ether oxygens (including phenoxy) is 1. The van der Waals surface area contributed by atoms with E-state index < -0.39 is 31.0 Å². The predicted octanol–water partition coefficient (Wildman–Crippen LogP) is 3.50. The van der Waals surface area contributed by atoms with Gasteiger partial charge < -0.3 is 0 Å². The molecule has 92 valence electrons. The minimum atomic E-state index is -6.51. The second-order valence-corrected chi connectivity index (χ2v) is 2.53. The van der Waals surface area contributed by atoms with Crippen LogP contribution in [0.3, 0.4) is 0 Å². The van der Waals surface area contributed by atoms with Gasteiger partial charge in [0, 0.05) is 6.42 Å². The van der Waals surface area contributed by atoms with Crippen LogP contribution in [0.1, 0.15) is 13.3 Å². The summed E-state index contributed by atoms with van der Waals surface area (Å²) in [7, 11) is 0. The van der Waals surface area contributed by atoms with Crippen LogP contribution in [0, 0.1) is 0 Å². The largest absolute Gasteiger partial charge is 0.462 e. The Morgan fingerprint density at radius 2 is 1.40 bits per heavy atom. The van der Waals surface area contributed by atoms with Gasteiger partial charge in [-0.1, -0.05) is 6.92 Å². The molecule has 0 saturated heterocycles. The zero-order valence-corrected chi connectivity index (χ0v) is 7.22. The highest BCUT2D eigenvalue weighted by molar-refractivity contribution is 4.85. The molecule has 1 nitrogen and oxygen atoms in total. The van der Waals surface area contributed by atoms with E-state index in [9.17, 15) is 35.1 Å². The van der Waals surface area contributed by atoms with Crippen molar-refractivity contribution in [1.82, 2.24) is 0 Å². The molecule has 0 aliphatic heterocycles. The van der Waals surface area contributed by atoms with Gasteiger partial charge >= 0.3 is 18.2 Å². The number of rotatable bonds is 4. The average Bonchev–Trinajstić information content (AvgIpc) is 2.00. The molecule has 15 heavy (non-hydrogen) atoms. The van der Waals surface area contributed by atoms with Gasteiger partial charge in [0.05, 0.1) is 0 Å². The molecule has 1 unspecified atom stereocenters. The van der Waals surface area contributed by atoms with Crippen molar-refractivity contribution < 1.29 is 39.9 Å². The maximum absolute atomic E-state index is 12.2. The predicted molar refractivity (Wildman–Crippen MR) is 32.2 cm³/mol. The van der Waals surface area contributed by atoms with Gasteiger partial charge in [-0.25, -0.2) is 4.39 Å². The number of hydrogen-bond acceptors (Lipinski definition) is 1. The summed E-state index contributed by atoms with van der Waals surface area (Å²) in [5, 5.41) is 0. The molecule has 0 aromatic heterocycles. The third kappa shape index (κ3) is 2.93. The normalized spacial score (nSPS) is 16.6. The Morgan fingerprint density at radius 1 is 1.00 bits per heavy atom. The molecule has 0 aliphatic rings. The van der Waals surface area contributed by atoms with Crippen LogP contribution in [-0.2, 0) is 4.74 Å². The van der Waals surface area contributed by atoms with Gasteiger partial charge in [0.15, 0.2) is 0 Å². The number of hydrogen-bond donors (Lipinski definition) is 0. The molecule has 1 atom stereocenters. The van der Waals surface area contributed by atoms with E-state index >= 15 is 0 Å². The molecule has 0 spiro atoms. The first-order valence-electron chi connectivity index (χ1n) is 3.60. The molecule has 0 aromatic carbocycles. The monoisotopic (exact) mass is 246 g/mol. The molecule has 0 aromatic rings. The van der Waals surface area contributed by atoms with Gasteiger partial charge in [0.25, 0.3) is 0 Å². The highest BCUT2D eigenvalue weighted by Crippen LogP contribution is 2.47. The quantitative estimate of drug-likeness (QED) is 0.690. The Morgan fingerprint density at radius 3 is 1.67 bits per heavy atom. The molecule has 0 amide bonds. The van der Waals surface area contributed by atoms with Gasteiger partial charge in [-0.3, -0.25) is 4.74 Å². The van der Waals surface area contributed by atoms with Crippen LogP contribution < -0.4 is 0 Å². The van der Waals surface area contributed by atoms with E-state index in [2.05, 4.69) is 4.74 Å². The fourth-order valence-corrected chi connectivity index (χ4v) is 0.483. The Hall–Kier alpha value is -0.600. The topological polar surface area (TPSA) is 9.23 Å². The third-order valence-electron chi connectivity index (χ3n) is 1.32. The Kier molecular flexibility index (Phi) is 3.94. The highest BCUT2D eigenvalue weighted by atomic mass is 19.4. The van der Waals surface area contributed by atoms with E-state index in [0.717, 1.165) is 6.92 Å². The van der Waals surface area contributed by atoms with Crippen molar-refractivity contribution in [3.8, 4) is 0 Å². The van der Waals surface area contributed by atoms with E-state index in [1.54, 1.807) is 0 Å². The van der Waals surface area contributed by atoms with Gasteiger partial charge in [-0.15, -0.1) is 0 Å². The van der Waals surface area contributed by atoms with Gasteiger partial charge in [-0.2, -0.15) is 30.7 Å². The van der Waals surface area contributed by atoms with Crippen molar-refractivity contribution in [3.63, 3.8) is 0 Å². The van der Waals surface area contributed by atoms with Crippen LogP contribution >= 0.6 is 0 Å². The second kappa shape index (κ2) is 4.11. The molecule has 0 N–H and O–H groups in total. The zero-order chi connectivity index (χ0) is 12.5. The average molecular weight is 246 g/mol. The van der Waals surface area contributed by atoms with E-state index in [1.165, 1.54) is 0 Å². The first kappa shape index (κ1) is 14.4. The van der Waals surface area contributed by atoms with Crippen molar-refractivity contribution in [1.29, 1.82) is 0 Å². The van der Waals surface area contributed by atoms with Crippen molar-refractivity contribution in [3.05, 3.63) is 0 Å². The molecule has 0 radical (unpaired) electrons. The minimum absolute atomic E-state index is 0.774. The van der Waals surface area contributed by atoms with E-state index in [-0.39, 0.29) is 0 Å². The summed E-state index contributed by atoms with van der Waals surface area (Å²) in [5.74, 6) is -6.43. The summed E-state index contributed by atoms with van der Waals surface area (Å²) in [5.41, 5.74) is 0. The maximum atomic E-state index is 12.2. The van der Waals surface area contributed by atoms with Gasteiger partial charge in [-0.05, 0) is 0 Å². The third-order valence-corrected chi connectivity index (χ3v) is 1.32. The van der Waals surface area contributed by atoms with E-state index in [0.29, 0.717) is 0 Å².